The molecule has 0 amide bonds. The van der Waals surface area contributed by atoms with Crippen LogP contribution >= 0.6 is 0 Å². The molecule has 7 aromatic carbocycles. The van der Waals surface area contributed by atoms with Crippen molar-refractivity contribution >= 4 is 55.7 Å². The summed E-state index contributed by atoms with van der Waals surface area (Å²) in [6.07, 6.45) is 0. The Bertz CT molecular complexity index is 2360. The molecule has 1 aromatic heterocycles. The summed E-state index contributed by atoms with van der Waals surface area (Å²) in [7, 11) is 0. The predicted molar refractivity (Wildman–Crippen MR) is 210 cm³/mol. The van der Waals surface area contributed by atoms with Gasteiger partial charge in [0.1, 0.15) is 0 Å². The van der Waals surface area contributed by atoms with Crippen LogP contribution in [0.25, 0.3) is 49.4 Å². The zero-order valence-electron chi connectivity index (χ0n) is 28.7. The maximum atomic E-state index is 2.43. The molecule has 48 heavy (non-hydrogen) atoms. The predicted octanol–water partition coefficient (Wildman–Crippen LogP) is 9.97. The number of fused-ring (bicyclic) bond motifs is 4. The molecule has 0 aliphatic carbocycles. The van der Waals surface area contributed by atoms with Crippen LogP contribution < -0.4 is 16.4 Å². The van der Waals surface area contributed by atoms with E-state index in [1.807, 2.05) is 0 Å². The standard InChI is InChI=1S/C46H40BN/c1-29-25-31(3)45(32(4)26-29)47(46-33(5)27-30(2)28-34(46)6)36-21-19-35(20-22-36)37-23-24-44(39-14-8-7-13-38(37)39)48-42-17-11-9-15-40(42)41-16-10-12-18-43(41)48/h7-28H,1-6H3. The molecular weight excluding hydrogens is 577 g/mol. The van der Waals surface area contributed by atoms with E-state index in [0.717, 1.165) is 0 Å². The number of aromatic nitrogens is 1. The molecule has 0 fully saturated rings. The fourth-order valence-electron chi connectivity index (χ4n) is 8.54. The number of aryl methyl sites for hydroxylation is 6. The summed E-state index contributed by atoms with van der Waals surface area (Å²) in [6.45, 7) is 13.7. The van der Waals surface area contributed by atoms with Crippen molar-refractivity contribution in [2.75, 3.05) is 0 Å². The van der Waals surface area contributed by atoms with Gasteiger partial charge in [-0.15, -0.1) is 0 Å². The average Bonchev–Trinajstić information content (AvgIpc) is 3.41. The molecule has 0 unspecified atom stereocenters. The van der Waals surface area contributed by atoms with E-state index in [-0.39, 0.29) is 6.71 Å². The third-order valence-electron chi connectivity index (χ3n) is 10.3. The van der Waals surface area contributed by atoms with Crippen molar-refractivity contribution in [3.8, 4) is 16.8 Å². The fraction of sp³-hybridized carbons (Fsp3) is 0.130. The monoisotopic (exact) mass is 617 g/mol. The van der Waals surface area contributed by atoms with E-state index in [0.29, 0.717) is 0 Å². The summed E-state index contributed by atoms with van der Waals surface area (Å²) in [5, 5.41) is 5.07. The Morgan fingerprint density at radius 3 is 1.35 bits per heavy atom. The van der Waals surface area contributed by atoms with Crippen LogP contribution in [-0.4, -0.2) is 11.3 Å². The topological polar surface area (TPSA) is 4.93 Å². The Balaban J connectivity index is 1.29. The highest BCUT2D eigenvalue weighted by Gasteiger charge is 2.28. The molecule has 8 rings (SSSR count). The van der Waals surface area contributed by atoms with Gasteiger partial charge in [0.05, 0.1) is 16.7 Å². The molecule has 0 atom stereocenters. The number of benzene rings is 7. The number of rotatable bonds is 5. The fourth-order valence-corrected chi connectivity index (χ4v) is 8.54. The van der Waals surface area contributed by atoms with E-state index < -0.39 is 0 Å². The van der Waals surface area contributed by atoms with Crippen LogP contribution in [-0.2, 0) is 0 Å². The van der Waals surface area contributed by atoms with Crippen molar-refractivity contribution in [1.29, 1.82) is 0 Å². The zero-order chi connectivity index (χ0) is 33.1. The minimum absolute atomic E-state index is 0.162. The molecule has 0 aliphatic heterocycles. The van der Waals surface area contributed by atoms with Crippen molar-refractivity contribution in [2.24, 2.45) is 0 Å². The van der Waals surface area contributed by atoms with Crippen molar-refractivity contribution in [3.63, 3.8) is 0 Å². The summed E-state index contributed by atoms with van der Waals surface area (Å²) in [4.78, 5) is 0. The van der Waals surface area contributed by atoms with Gasteiger partial charge in [0.2, 0.25) is 6.71 Å². The lowest BCUT2D eigenvalue weighted by molar-refractivity contribution is 1.20. The van der Waals surface area contributed by atoms with Crippen molar-refractivity contribution in [2.45, 2.75) is 41.5 Å². The molecule has 1 heterocycles. The van der Waals surface area contributed by atoms with Crippen LogP contribution in [0.15, 0.2) is 133 Å². The lowest BCUT2D eigenvalue weighted by Gasteiger charge is -2.25. The number of hydrogen-bond acceptors (Lipinski definition) is 0. The molecule has 8 aromatic rings. The van der Waals surface area contributed by atoms with Crippen LogP contribution in [0.5, 0.6) is 0 Å². The van der Waals surface area contributed by atoms with Crippen LogP contribution in [0.2, 0.25) is 0 Å². The van der Waals surface area contributed by atoms with E-state index in [9.17, 15) is 0 Å². The van der Waals surface area contributed by atoms with E-state index in [4.69, 9.17) is 0 Å². The largest absolute Gasteiger partial charge is 0.309 e. The Hall–Kier alpha value is -5.34. The van der Waals surface area contributed by atoms with Crippen LogP contribution in [0.3, 0.4) is 0 Å². The Labute approximate surface area is 284 Å². The first-order chi connectivity index (χ1) is 23.3. The number of para-hydroxylation sites is 2. The highest BCUT2D eigenvalue weighted by molar-refractivity contribution is 6.96. The highest BCUT2D eigenvalue weighted by atomic mass is 15.0. The molecule has 0 saturated carbocycles. The van der Waals surface area contributed by atoms with Crippen LogP contribution in [0.4, 0.5) is 0 Å². The van der Waals surface area contributed by atoms with E-state index in [2.05, 4.69) is 180 Å². The van der Waals surface area contributed by atoms with Gasteiger partial charge >= 0.3 is 0 Å². The van der Waals surface area contributed by atoms with Crippen molar-refractivity contribution in [3.05, 3.63) is 167 Å². The number of hydrogen-bond donors (Lipinski definition) is 0. The second-order valence-corrected chi connectivity index (χ2v) is 13.7. The molecule has 0 radical (unpaired) electrons. The van der Waals surface area contributed by atoms with E-state index >= 15 is 0 Å². The van der Waals surface area contributed by atoms with Gasteiger partial charge < -0.3 is 4.57 Å². The summed E-state index contributed by atoms with van der Waals surface area (Å²) in [5.74, 6) is 0. The first-order valence-corrected chi connectivity index (χ1v) is 17.1. The molecule has 0 aliphatic rings. The lowest BCUT2D eigenvalue weighted by Crippen LogP contribution is -2.55. The SMILES string of the molecule is Cc1cc(C)c(B(c2ccc(-c3ccc(-n4c5ccccc5c5ccccc54)c4ccccc34)cc2)c2c(C)cc(C)cc2C)c(C)c1. The first-order valence-electron chi connectivity index (χ1n) is 17.1. The van der Waals surface area contributed by atoms with Crippen molar-refractivity contribution < 1.29 is 0 Å². The van der Waals surface area contributed by atoms with Gasteiger partial charge in [0, 0.05) is 16.2 Å². The summed E-state index contributed by atoms with van der Waals surface area (Å²) < 4.78 is 2.43. The third kappa shape index (κ3) is 4.87. The second kappa shape index (κ2) is 11.7. The third-order valence-corrected chi connectivity index (χ3v) is 10.3. The normalized spacial score (nSPS) is 11.5. The summed E-state index contributed by atoms with van der Waals surface area (Å²) >= 11 is 0. The molecule has 1 nitrogen and oxygen atoms in total. The average molecular weight is 618 g/mol. The highest BCUT2D eigenvalue weighted by Crippen LogP contribution is 2.37. The molecule has 0 bridgehead atoms. The van der Waals surface area contributed by atoms with Gasteiger partial charge in [0.15, 0.2) is 0 Å². The molecule has 0 saturated heterocycles. The van der Waals surface area contributed by atoms with Crippen molar-refractivity contribution in [1.82, 2.24) is 4.57 Å². The van der Waals surface area contributed by atoms with Gasteiger partial charge in [-0.25, -0.2) is 0 Å². The van der Waals surface area contributed by atoms with E-state index in [1.54, 1.807) is 0 Å². The second-order valence-electron chi connectivity index (χ2n) is 13.7. The van der Waals surface area contributed by atoms with Gasteiger partial charge in [0.25, 0.3) is 0 Å². The van der Waals surface area contributed by atoms with Gasteiger partial charge in [-0.3, -0.25) is 0 Å². The summed E-state index contributed by atoms with van der Waals surface area (Å²) in [5.41, 5.74) is 18.4. The molecule has 2 heteroatoms. The number of nitrogens with zero attached hydrogens (tertiary/aromatic N) is 1. The van der Waals surface area contributed by atoms with E-state index in [1.165, 1.54) is 99.2 Å². The molecule has 0 spiro atoms. The first kappa shape index (κ1) is 30.0. The minimum Gasteiger partial charge on any atom is -0.309 e. The Morgan fingerprint density at radius 2 is 0.854 bits per heavy atom. The maximum Gasteiger partial charge on any atom is 0.242 e. The minimum atomic E-state index is 0.162. The molecule has 0 N–H and O–H groups in total. The Morgan fingerprint density at radius 1 is 0.417 bits per heavy atom. The maximum absolute atomic E-state index is 2.43. The van der Waals surface area contributed by atoms with Gasteiger partial charge in [-0.1, -0.05) is 165 Å². The lowest BCUT2D eigenvalue weighted by atomic mass is 9.34. The smallest absolute Gasteiger partial charge is 0.242 e. The zero-order valence-corrected chi connectivity index (χ0v) is 28.7. The van der Waals surface area contributed by atoms with Gasteiger partial charge in [-0.05, 0) is 76.3 Å². The quantitative estimate of drug-likeness (QED) is 0.170. The summed E-state index contributed by atoms with van der Waals surface area (Å²) in [6, 6.07) is 49.8. The van der Waals surface area contributed by atoms with Gasteiger partial charge in [-0.2, -0.15) is 0 Å². The van der Waals surface area contributed by atoms with Crippen LogP contribution in [0, 0.1) is 41.5 Å². The van der Waals surface area contributed by atoms with Crippen LogP contribution in [0.1, 0.15) is 33.4 Å². The Kier molecular flexibility index (Phi) is 7.33. The molecule has 232 valence electrons. The molecular formula is C46H40BN.